The molecule has 0 radical (unpaired) electrons. The van der Waals surface area contributed by atoms with Gasteiger partial charge in [0, 0.05) is 39.5 Å². The number of nitrogens with zero attached hydrogens (tertiary/aromatic N) is 4. The number of amides is 2. The molecule has 46 heavy (non-hydrogen) atoms. The van der Waals surface area contributed by atoms with Gasteiger partial charge in [-0.05, 0) is 17.7 Å². The van der Waals surface area contributed by atoms with Crippen LogP contribution in [-0.4, -0.2) is 89.7 Å². The molecule has 2 aromatic heterocycles. The van der Waals surface area contributed by atoms with Gasteiger partial charge in [-0.25, -0.2) is 14.6 Å². The van der Waals surface area contributed by atoms with Gasteiger partial charge in [-0.2, -0.15) is 5.43 Å². The largest absolute Gasteiger partial charge is 0.504 e. The summed E-state index contributed by atoms with van der Waals surface area (Å²) in [5.41, 5.74) is 8.43. The van der Waals surface area contributed by atoms with Crippen LogP contribution < -0.4 is 21.2 Å². The molecule has 4 heterocycles. The Balaban J connectivity index is 1.34. The highest BCUT2D eigenvalue weighted by Gasteiger charge is 2.54. The summed E-state index contributed by atoms with van der Waals surface area (Å²) in [6.45, 7) is 0. The van der Waals surface area contributed by atoms with E-state index in [2.05, 4.69) is 20.9 Å². The third-order valence-corrected chi connectivity index (χ3v) is 9.87. The first-order valence-corrected chi connectivity index (χ1v) is 16.1. The number of β-lactam (4-membered cyclic amide) rings is 1. The van der Waals surface area contributed by atoms with E-state index in [9.17, 15) is 39.6 Å². The van der Waals surface area contributed by atoms with Gasteiger partial charge in [0.25, 0.3) is 11.8 Å². The van der Waals surface area contributed by atoms with Crippen molar-refractivity contribution < 1.29 is 49.1 Å². The predicted molar refractivity (Wildman–Crippen MR) is 167 cm³/mol. The molecule has 3 atom stereocenters. The van der Waals surface area contributed by atoms with Crippen LogP contribution >= 0.6 is 34.9 Å². The standard InChI is InChI=1S/C27H25N7O9S3/c1-29-33-6-4-14(5-7-33)44-9-13-10-45-24-19(23(38)34(24)20(13)25(39)40)31-22(37)18(15-11-46-27(28)30-15)32-43-21(26(41)42)12-2-3-16(35)17(36)8-12/h2-8,11,19,21,24,29H,9-10H2,1H3,(H6-,28,30,31,32,35,36,37,39,40,41,42)/p+1/t19-,21+,24-/m1/s1. The molecule has 1 aromatic carbocycles. The van der Waals surface area contributed by atoms with E-state index >= 15 is 0 Å². The highest BCUT2D eigenvalue weighted by Crippen LogP contribution is 2.41. The number of phenolic OH excluding ortho intramolecular Hbond substituents is 2. The van der Waals surface area contributed by atoms with Crippen molar-refractivity contribution in [3.63, 3.8) is 0 Å². The summed E-state index contributed by atoms with van der Waals surface area (Å²) in [5.74, 6) is -4.86. The van der Waals surface area contributed by atoms with Crippen LogP contribution in [0.25, 0.3) is 0 Å². The second-order valence-corrected chi connectivity index (χ2v) is 12.7. The van der Waals surface area contributed by atoms with Crippen molar-refractivity contribution in [2.45, 2.75) is 22.4 Å². The van der Waals surface area contributed by atoms with Crippen molar-refractivity contribution in [2.24, 2.45) is 5.16 Å². The molecule has 19 heteroatoms. The number of aromatic nitrogens is 2. The zero-order valence-electron chi connectivity index (χ0n) is 23.7. The van der Waals surface area contributed by atoms with Gasteiger partial charge < -0.3 is 36.3 Å². The number of aromatic hydroxyl groups is 2. The highest BCUT2D eigenvalue weighted by atomic mass is 32.2. The Hall–Kier alpha value is -5.01. The van der Waals surface area contributed by atoms with E-state index in [0.717, 1.165) is 33.3 Å². The number of hydrogen-bond acceptors (Lipinski definition) is 14. The molecule has 0 unspecified atom stereocenters. The number of carbonyl (C=O) groups is 4. The van der Waals surface area contributed by atoms with Crippen LogP contribution in [0.1, 0.15) is 17.4 Å². The van der Waals surface area contributed by atoms with E-state index in [1.807, 2.05) is 24.5 Å². The fraction of sp³-hybridized carbons (Fsp3) is 0.222. The number of nitrogens with two attached hydrogens (primary N) is 1. The number of fused-ring (bicyclic) bond motifs is 1. The van der Waals surface area contributed by atoms with Gasteiger partial charge >= 0.3 is 11.9 Å². The lowest BCUT2D eigenvalue weighted by molar-refractivity contribution is -0.647. The normalized spacial score (nSPS) is 18.3. The van der Waals surface area contributed by atoms with Gasteiger partial charge in [-0.15, -0.1) is 34.9 Å². The minimum atomic E-state index is -1.81. The second kappa shape index (κ2) is 13.5. The highest BCUT2D eigenvalue weighted by molar-refractivity contribution is 8.01. The average molecular weight is 689 g/mol. The van der Waals surface area contributed by atoms with Gasteiger partial charge in [-0.1, -0.05) is 15.9 Å². The van der Waals surface area contributed by atoms with Crippen molar-refractivity contribution in [1.29, 1.82) is 0 Å². The van der Waals surface area contributed by atoms with Gasteiger partial charge in [0.15, 0.2) is 22.3 Å². The third-order valence-electron chi connectivity index (χ3n) is 6.76. The number of rotatable bonds is 12. The van der Waals surface area contributed by atoms with E-state index in [1.165, 1.54) is 35.0 Å². The van der Waals surface area contributed by atoms with Crippen LogP contribution in [0.15, 0.2) is 69.4 Å². The lowest BCUT2D eigenvalue weighted by atomic mass is 10.0. The minimum absolute atomic E-state index is 0.0656. The Morgan fingerprint density at radius 1 is 1.22 bits per heavy atom. The molecular formula is C27H26N7O9S3+. The fourth-order valence-electron chi connectivity index (χ4n) is 4.49. The maximum absolute atomic E-state index is 13.4. The van der Waals surface area contributed by atoms with Crippen LogP contribution in [0, 0.1) is 0 Å². The molecule has 1 saturated heterocycles. The quantitative estimate of drug-likeness (QED) is 0.0346. The third kappa shape index (κ3) is 6.65. The number of carbonyl (C=O) groups excluding carboxylic acids is 2. The molecule has 2 aliphatic heterocycles. The van der Waals surface area contributed by atoms with Crippen molar-refractivity contribution >= 4 is 69.5 Å². The number of nitrogens with one attached hydrogen (secondary N) is 2. The summed E-state index contributed by atoms with van der Waals surface area (Å²) in [4.78, 5) is 62.2. The molecule has 2 amide bonds. The average Bonchev–Trinajstić information content (AvgIpc) is 3.47. The van der Waals surface area contributed by atoms with Gasteiger partial charge in [0.2, 0.25) is 18.5 Å². The Morgan fingerprint density at radius 2 is 1.96 bits per heavy atom. The van der Waals surface area contributed by atoms with E-state index in [0.29, 0.717) is 17.1 Å². The number of hydrogen-bond donors (Lipinski definition) is 7. The molecule has 0 saturated carbocycles. The van der Waals surface area contributed by atoms with Crippen LogP contribution in [0.2, 0.25) is 0 Å². The smallest absolute Gasteiger partial charge is 0.352 e. The Bertz CT molecular complexity index is 1760. The molecule has 2 aliphatic rings. The molecular weight excluding hydrogens is 663 g/mol. The van der Waals surface area contributed by atoms with Crippen molar-refractivity contribution in [3.8, 4) is 11.5 Å². The van der Waals surface area contributed by atoms with Crippen molar-refractivity contribution in [2.75, 3.05) is 29.7 Å². The molecule has 0 aliphatic carbocycles. The first-order valence-electron chi connectivity index (χ1n) is 13.2. The number of thiazole rings is 1. The number of aliphatic carboxylic acids is 2. The number of pyridine rings is 1. The van der Waals surface area contributed by atoms with Gasteiger partial charge in [0.1, 0.15) is 22.8 Å². The zero-order chi connectivity index (χ0) is 33.1. The number of nitrogen functional groups attached to an aromatic ring is 1. The number of carboxylic acids is 2. The van der Waals surface area contributed by atoms with Gasteiger partial charge in [0.05, 0.1) is 7.05 Å². The van der Waals surface area contributed by atoms with E-state index < -0.39 is 58.5 Å². The second-order valence-electron chi connectivity index (χ2n) is 9.65. The summed E-state index contributed by atoms with van der Waals surface area (Å²) in [5, 5.41) is 46.1. The number of oxime groups is 1. The molecule has 240 valence electrons. The molecule has 5 rings (SSSR count). The monoisotopic (exact) mass is 688 g/mol. The topological polar surface area (TPSA) is 241 Å². The maximum Gasteiger partial charge on any atom is 0.352 e. The zero-order valence-corrected chi connectivity index (χ0v) is 26.1. The SMILES string of the molecule is CN[n+]1ccc(SCC2=C(C(=O)O)N3C(=O)[C@@H](NC(=O)/C(=N\O[C@H](C(=O)O)c4ccc(O)c(O)c4)c4csc(N)n4)[C@H]3SC2)cc1. The Kier molecular flexibility index (Phi) is 9.54. The van der Waals surface area contributed by atoms with Crippen molar-refractivity contribution in [1.82, 2.24) is 15.2 Å². The predicted octanol–water partition coefficient (Wildman–Crippen LogP) is 0.675. The number of anilines is 1. The van der Waals surface area contributed by atoms with Gasteiger partial charge in [-0.3, -0.25) is 14.5 Å². The molecule has 8 N–H and O–H groups in total. The molecule has 16 nitrogen and oxygen atoms in total. The number of carboxylic acid groups (broad SMARTS) is 2. The van der Waals surface area contributed by atoms with Crippen molar-refractivity contribution in [3.05, 3.63) is 70.6 Å². The number of thioether (sulfide) groups is 2. The molecule has 0 bridgehead atoms. The van der Waals surface area contributed by atoms with Crippen LogP contribution in [0.4, 0.5) is 5.13 Å². The maximum atomic E-state index is 13.4. The number of benzene rings is 1. The van der Waals surface area contributed by atoms with E-state index in [-0.39, 0.29) is 22.1 Å². The molecule has 0 spiro atoms. The van der Waals surface area contributed by atoms with Crippen LogP contribution in [0.5, 0.6) is 11.5 Å². The molecule has 3 aromatic rings. The first-order chi connectivity index (χ1) is 22.0. The fourth-order valence-corrected chi connectivity index (χ4v) is 7.41. The summed E-state index contributed by atoms with van der Waals surface area (Å²) >= 11 is 3.68. The number of phenols is 2. The summed E-state index contributed by atoms with van der Waals surface area (Å²) in [6, 6.07) is 5.82. The summed E-state index contributed by atoms with van der Waals surface area (Å²) in [7, 11) is 1.77. The first kappa shape index (κ1) is 32.4. The molecule has 1 fully saturated rings. The summed E-state index contributed by atoms with van der Waals surface area (Å²) < 4.78 is 1.75. The Morgan fingerprint density at radius 3 is 2.57 bits per heavy atom. The Labute approximate surface area is 272 Å². The van der Waals surface area contributed by atoms with Crippen LogP contribution in [0.3, 0.4) is 0 Å². The van der Waals surface area contributed by atoms with E-state index in [1.54, 1.807) is 11.7 Å². The minimum Gasteiger partial charge on any atom is -0.504 e. The summed E-state index contributed by atoms with van der Waals surface area (Å²) in [6.07, 6.45) is 1.82. The van der Waals surface area contributed by atoms with Crippen LogP contribution in [-0.2, 0) is 24.0 Å². The lowest BCUT2D eigenvalue weighted by Gasteiger charge is -2.49. The van der Waals surface area contributed by atoms with E-state index in [4.69, 9.17) is 10.6 Å². The lowest BCUT2D eigenvalue weighted by Crippen LogP contribution is -2.71.